The Balaban J connectivity index is 1.76. The van der Waals surface area contributed by atoms with Crippen molar-refractivity contribution >= 4 is 33.7 Å². The second kappa shape index (κ2) is 9.16. The molecule has 1 aromatic carbocycles. The Hall–Kier alpha value is -1.42. The highest BCUT2D eigenvalue weighted by Gasteiger charge is 2.33. The molecule has 0 spiro atoms. The summed E-state index contributed by atoms with van der Waals surface area (Å²) in [5.74, 6) is 2.11. The van der Waals surface area contributed by atoms with Crippen molar-refractivity contribution in [1.29, 1.82) is 0 Å². The van der Waals surface area contributed by atoms with E-state index in [4.69, 9.17) is 28.6 Å². The van der Waals surface area contributed by atoms with Crippen LogP contribution >= 0.6 is 23.8 Å². The lowest BCUT2D eigenvalue weighted by Gasteiger charge is -2.29. The molecule has 2 heterocycles. The van der Waals surface area contributed by atoms with Crippen LogP contribution in [0.25, 0.3) is 0 Å². The van der Waals surface area contributed by atoms with E-state index in [1.807, 2.05) is 23.7 Å². The number of hydrogen-bond acceptors (Lipinski definition) is 6. The fourth-order valence-corrected chi connectivity index (χ4v) is 5.64. The van der Waals surface area contributed by atoms with E-state index >= 15 is 0 Å². The number of para-hydroxylation sites is 1. The summed E-state index contributed by atoms with van der Waals surface area (Å²) in [6.07, 6.45) is 0.650. The second-order valence-corrected chi connectivity index (χ2v) is 10.8. The maximum atomic E-state index is 12.0. The standard InChI is InChI=1S/C19H27ClN4O3S2/c1-14(2)10-23(15-8-9-29(25,26)12-15)13-24-19(28)22(3)18(21-24)11-27-17-7-5-4-6-16(17)20/h4-7,14-15H,8-13H2,1-3H3. The minimum atomic E-state index is -2.96. The first-order chi connectivity index (χ1) is 13.7. The average Bonchev–Trinajstić information content (AvgIpc) is 3.14. The predicted molar refractivity (Wildman–Crippen MR) is 116 cm³/mol. The molecule has 1 unspecified atom stereocenters. The van der Waals surface area contributed by atoms with Crippen molar-refractivity contribution in [2.45, 2.75) is 39.6 Å². The molecule has 1 saturated heterocycles. The Kier molecular flexibility index (Phi) is 7.03. The molecule has 1 aliphatic heterocycles. The quantitative estimate of drug-likeness (QED) is 0.565. The molecular weight excluding hydrogens is 432 g/mol. The highest BCUT2D eigenvalue weighted by atomic mass is 35.5. The molecule has 0 radical (unpaired) electrons. The van der Waals surface area contributed by atoms with E-state index in [2.05, 4.69) is 23.8 Å². The van der Waals surface area contributed by atoms with Crippen molar-refractivity contribution in [3.63, 3.8) is 0 Å². The van der Waals surface area contributed by atoms with Crippen LogP contribution in [0.5, 0.6) is 5.75 Å². The summed E-state index contributed by atoms with van der Waals surface area (Å²) in [5, 5.41) is 5.17. The van der Waals surface area contributed by atoms with Gasteiger partial charge in [0.1, 0.15) is 12.4 Å². The summed E-state index contributed by atoms with van der Waals surface area (Å²) in [7, 11) is -1.11. The van der Waals surface area contributed by atoms with Gasteiger partial charge in [-0.3, -0.25) is 4.90 Å². The number of rotatable bonds is 8. The van der Waals surface area contributed by atoms with Crippen LogP contribution in [0.4, 0.5) is 0 Å². The number of halogens is 1. The van der Waals surface area contributed by atoms with E-state index in [0.29, 0.717) is 40.4 Å². The maximum Gasteiger partial charge on any atom is 0.198 e. The molecule has 0 saturated carbocycles. The molecule has 160 valence electrons. The van der Waals surface area contributed by atoms with E-state index < -0.39 is 9.84 Å². The van der Waals surface area contributed by atoms with Gasteiger partial charge in [-0.1, -0.05) is 37.6 Å². The minimum absolute atomic E-state index is 0.00543. The number of ether oxygens (including phenoxy) is 1. The highest BCUT2D eigenvalue weighted by Crippen LogP contribution is 2.24. The molecule has 7 nitrogen and oxygen atoms in total. The largest absolute Gasteiger partial charge is 0.484 e. The highest BCUT2D eigenvalue weighted by molar-refractivity contribution is 7.91. The number of aromatic nitrogens is 3. The number of nitrogens with zero attached hydrogens (tertiary/aromatic N) is 4. The molecule has 0 bridgehead atoms. The van der Waals surface area contributed by atoms with Gasteiger partial charge >= 0.3 is 0 Å². The predicted octanol–water partition coefficient (Wildman–Crippen LogP) is 3.29. The zero-order chi connectivity index (χ0) is 21.2. The molecular formula is C19H27ClN4O3S2. The van der Waals surface area contributed by atoms with Gasteiger partial charge in [-0.15, -0.1) is 0 Å². The molecule has 0 aliphatic carbocycles. The zero-order valence-corrected chi connectivity index (χ0v) is 19.3. The third-order valence-electron chi connectivity index (χ3n) is 4.96. The topological polar surface area (TPSA) is 69.4 Å². The second-order valence-electron chi connectivity index (χ2n) is 7.84. The molecule has 3 rings (SSSR count). The monoisotopic (exact) mass is 458 g/mol. The molecule has 1 aromatic heterocycles. The van der Waals surface area contributed by atoms with Gasteiger partial charge in [-0.05, 0) is 36.7 Å². The first-order valence-corrected chi connectivity index (χ1v) is 12.2. The molecule has 1 atom stereocenters. The summed E-state index contributed by atoms with van der Waals surface area (Å²) < 4.78 is 33.8. The van der Waals surface area contributed by atoms with Crippen molar-refractivity contribution in [2.24, 2.45) is 13.0 Å². The van der Waals surface area contributed by atoms with Gasteiger partial charge in [0.25, 0.3) is 0 Å². The fraction of sp³-hybridized carbons (Fsp3) is 0.579. The first-order valence-electron chi connectivity index (χ1n) is 9.61. The third-order valence-corrected chi connectivity index (χ3v) is 7.51. The molecule has 1 fully saturated rings. The summed E-state index contributed by atoms with van der Waals surface area (Å²) in [4.78, 5) is 2.18. The van der Waals surface area contributed by atoms with Crippen molar-refractivity contribution in [2.75, 3.05) is 18.1 Å². The van der Waals surface area contributed by atoms with E-state index in [0.717, 1.165) is 6.54 Å². The smallest absolute Gasteiger partial charge is 0.198 e. The molecule has 2 aromatic rings. The van der Waals surface area contributed by atoms with Crippen LogP contribution in [0.2, 0.25) is 5.02 Å². The lowest BCUT2D eigenvalue weighted by molar-refractivity contribution is 0.136. The molecule has 10 heteroatoms. The van der Waals surface area contributed by atoms with E-state index in [9.17, 15) is 8.42 Å². The Morgan fingerprint density at radius 1 is 1.38 bits per heavy atom. The molecule has 0 N–H and O–H groups in total. The van der Waals surface area contributed by atoms with Gasteiger partial charge in [0.2, 0.25) is 0 Å². The van der Waals surface area contributed by atoms with E-state index in [1.165, 1.54) is 0 Å². The van der Waals surface area contributed by atoms with Gasteiger partial charge in [0.15, 0.2) is 20.4 Å². The van der Waals surface area contributed by atoms with E-state index in [-0.39, 0.29) is 24.2 Å². The molecule has 29 heavy (non-hydrogen) atoms. The maximum absolute atomic E-state index is 12.0. The lowest BCUT2D eigenvalue weighted by atomic mass is 10.1. The zero-order valence-electron chi connectivity index (χ0n) is 16.9. The minimum Gasteiger partial charge on any atom is -0.484 e. The van der Waals surface area contributed by atoms with Crippen molar-refractivity contribution in [3.05, 3.63) is 39.9 Å². The van der Waals surface area contributed by atoms with Gasteiger partial charge in [0.05, 0.1) is 23.2 Å². The number of hydrogen-bond donors (Lipinski definition) is 0. The molecule has 1 aliphatic rings. The van der Waals surface area contributed by atoms with Gasteiger partial charge < -0.3 is 9.30 Å². The summed E-state index contributed by atoms with van der Waals surface area (Å²) >= 11 is 11.7. The first kappa shape index (κ1) is 22.3. The van der Waals surface area contributed by atoms with Crippen LogP contribution in [0.1, 0.15) is 26.1 Å². The van der Waals surface area contributed by atoms with Crippen LogP contribution in [-0.2, 0) is 30.2 Å². The van der Waals surface area contributed by atoms with Gasteiger partial charge in [-0.2, -0.15) is 5.10 Å². The summed E-state index contributed by atoms with van der Waals surface area (Å²) in [5.41, 5.74) is 0. The lowest BCUT2D eigenvalue weighted by Crippen LogP contribution is -2.40. The SMILES string of the molecule is CC(C)CN(Cn1nc(COc2ccccc2Cl)n(C)c1=S)C1CCS(=O)(=O)C1. The fourth-order valence-electron chi connectivity index (χ4n) is 3.48. The Morgan fingerprint density at radius 2 is 2.10 bits per heavy atom. The van der Waals surface area contributed by atoms with Crippen molar-refractivity contribution in [1.82, 2.24) is 19.2 Å². The van der Waals surface area contributed by atoms with E-state index in [1.54, 1.807) is 16.8 Å². The van der Waals surface area contributed by atoms with Crippen LogP contribution in [-0.4, -0.2) is 51.8 Å². The van der Waals surface area contributed by atoms with Crippen molar-refractivity contribution < 1.29 is 13.2 Å². The number of benzene rings is 1. The number of sulfone groups is 1. The third kappa shape index (κ3) is 5.59. The van der Waals surface area contributed by atoms with Crippen LogP contribution < -0.4 is 4.74 Å². The average molecular weight is 459 g/mol. The summed E-state index contributed by atoms with van der Waals surface area (Å²) in [6, 6.07) is 7.27. The Bertz CT molecular complexity index is 1020. The Labute approximate surface area is 182 Å². The van der Waals surface area contributed by atoms with Crippen molar-refractivity contribution in [3.8, 4) is 5.75 Å². The van der Waals surface area contributed by atoms with Crippen LogP contribution in [0, 0.1) is 10.7 Å². The summed E-state index contributed by atoms with van der Waals surface area (Å²) in [6.45, 7) is 5.72. The van der Waals surface area contributed by atoms with Gasteiger partial charge in [0, 0.05) is 19.6 Å². The van der Waals surface area contributed by atoms with Crippen LogP contribution in [0.3, 0.4) is 0 Å². The van der Waals surface area contributed by atoms with Gasteiger partial charge in [-0.25, -0.2) is 13.1 Å². The molecule has 0 amide bonds. The van der Waals surface area contributed by atoms with Crippen LogP contribution in [0.15, 0.2) is 24.3 Å². The Morgan fingerprint density at radius 3 is 2.72 bits per heavy atom. The normalized spacial score (nSPS) is 18.6.